The molecule has 2 amide bonds. The molecule has 7 nitrogen and oxygen atoms in total. The lowest BCUT2D eigenvalue weighted by atomic mass is 10.0. The van der Waals surface area contributed by atoms with Crippen molar-refractivity contribution < 1.29 is 19.1 Å². The van der Waals surface area contributed by atoms with Crippen LogP contribution in [0, 0.1) is 13.8 Å². The van der Waals surface area contributed by atoms with E-state index in [2.05, 4.69) is 5.32 Å². The Morgan fingerprint density at radius 1 is 1.06 bits per heavy atom. The summed E-state index contributed by atoms with van der Waals surface area (Å²) in [6.07, 6.45) is 2.36. The number of carbonyl (C=O) groups is 2. The zero-order valence-corrected chi connectivity index (χ0v) is 19.9. The molecule has 2 aliphatic heterocycles. The number of hydrogen-bond acceptors (Lipinski definition) is 5. The van der Waals surface area contributed by atoms with Crippen molar-refractivity contribution in [2.24, 2.45) is 0 Å². The van der Waals surface area contributed by atoms with Crippen LogP contribution >= 0.6 is 12.2 Å². The second-order valence-electron chi connectivity index (χ2n) is 8.14. The van der Waals surface area contributed by atoms with Crippen LogP contribution in [0.15, 0.2) is 54.1 Å². The average Bonchev–Trinajstić information content (AvgIpc) is 3.39. The zero-order valence-electron chi connectivity index (χ0n) is 19.0. The van der Waals surface area contributed by atoms with Gasteiger partial charge in [0.25, 0.3) is 11.8 Å². The largest absolute Gasteiger partial charge is 0.454 e. The minimum Gasteiger partial charge on any atom is -0.454 e. The minimum atomic E-state index is -0.506. The third-order valence-corrected chi connectivity index (χ3v) is 6.38. The van der Waals surface area contributed by atoms with Gasteiger partial charge in [0.15, 0.2) is 16.6 Å². The number of nitrogens with one attached hydrogen (secondary N) is 1. The van der Waals surface area contributed by atoms with Crippen LogP contribution in [0.4, 0.5) is 5.69 Å². The SMILES string of the molecule is CCc1ccccc1N1C(=O)/C(=C/c2cc(C)n(-c3ccc4c(c3)OCO4)c2C)C(=O)NC1=S. The smallest absolute Gasteiger partial charge is 0.270 e. The minimum absolute atomic E-state index is 0.0328. The standard InChI is InChI=1S/C26H23N3O4S/c1-4-17-7-5-6-8-21(17)29-25(31)20(24(30)27-26(29)34)12-18-11-15(2)28(16(18)3)19-9-10-22-23(13-19)33-14-32-22/h5-13H,4,14H2,1-3H3,(H,27,30,34)/b20-12+. The molecule has 3 aromatic rings. The highest BCUT2D eigenvalue weighted by Crippen LogP contribution is 2.35. The van der Waals surface area contributed by atoms with Gasteiger partial charge in [0.1, 0.15) is 5.57 Å². The maximum Gasteiger partial charge on any atom is 0.270 e. The van der Waals surface area contributed by atoms with Crippen LogP contribution in [0.25, 0.3) is 11.8 Å². The Labute approximate surface area is 202 Å². The highest BCUT2D eigenvalue weighted by atomic mass is 32.1. The lowest BCUT2D eigenvalue weighted by Gasteiger charge is -2.30. The van der Waals surface area contributed by atoms with E-state index in [1.165, 1.54) is 4.90 Å². The van der Waals surface area contributed by atoms with Crippen molar-refractivity contribution in [1.82, 2.24) is 9.88 Å². The monoisotopic (exact) mass is 473 g/mol. The number of aryl methyl sites for hydroxylation is 2. The predicted octanol–water partition coefficient (Wildman–Crippen LogP) is 4.22. The summed E-state index contributed by atoms with van der Waals surface area (Å²) in [6, 6.07) is 15.2. The summed E-state index contributed by atoms with van der Waals surface area (Å²) in [6.45, 7) is 6.14. The first kappa shape index (κ1) is 21.9. The highest BCUT2D eigenvalue weighted by molar-refractivity contribution is 7.80. The summed E-state index contributed by atoms with van der Waals surface area (Å²) < 4.78 is 13.0. The first-order chi connectivity index (χ1) is 16.4. The number of nitrogens with zero attached hydrogens (tertiary/aromatic N) is 2. The van der Waals surface area contributed by atoms with E-state index in [4.69, 9.17) is 21.7 Å². The van der Waals surface area contributed by atoms with Gasteiger partial charge in [0, 0.05) is 23.1 Å². The molecular weight excluding hydrogens is 450 g/mol. The van der Waals surface area contributed by atoms with Gasteiger partial charge in [0.05, 0.1) is 5.69 Å². The number of amides is 2. The number of aromatic nitrogens is 1. The Morgan fingerprint density at radius 3 is 2.62 bits per heavy atom. The maximum absolute atomic E-state index is 13.5. The molecule has 172 valence electrons. The fourth-order valence-electron chi connectivity index (χ4n) is 4.42. The lowest BCUT2D eigenvalue weighted by Crippen LogP contribution is -2.54. The molecule has 2 aromatic carbocycles. The second kappa shape index (κ2) is 8.46. The Hall–Kier alpha value is -3.91. The number of ether oxygens (including phenoxy) is 2. The first-order valence-corrected chi connectivity index (χ1v) is 11.4. The summed E-state index contributed by atoms with van der Waals surface area (Å²) >= 11 is 5.36. The van der Waals surface area contributed by atoms with Crippen molar-refractivity contribution in [2.45, 2.75) is 27.2 Å². The quantitative estimate of drug-likeness (QED) is 0.349. The Bertz CT molecular complexity index is 1390. The molecule has 8 heteroatoms. The van der Waals surface area contributed by atoms with Gasteiger partial charge in [-0.2, -0.15) is 0 Å². The summed E-state index contributed by atoms with van der Waals surface area (Å²) in [7, 11) is 0. The normalized spacial score (nSPS) is 16.4. The molecule has 1 saturated heterocycles. The van der Waals surface area contributed by atoms with E-state index in [9.17, 15) is 9.59 Å². The van der Waals surface area contributed by atoms with Crippen molar-refractivity contribution in [2.75, 3.05) is 11.7 Å². The second-order valence-corrected chi connectivity index (χ2v) is 8.53. The zero-order chi connectivity index (χ0) is 24.0. The van der Waals surface area contributed by atoms with Crippen LogP contribution in [0.2, 0.25) is 0 Å². The van der Waals surface area contributed by atoms with Gasteiger partial charge >= 0.3 is 0 Å². The van der Waals surface area contributed by atoms with Gasteiger partial charge in [-0.05, 0) is 74.0 Å². The molecule has 0 saturated carbocycles. The van der Waals surface area contributed by atoms with E-state index in [1.807, 2.05) is 73.9 Å². The molecule has 0 radical (unpaired) electrons. The van der Waals surface area contributed by atoms with Crippen LogP contribution in [-0.2, 0) is 16.0 Å². The molecule has 0 aliphatic carbocycles. The van der Waals surface area contributed by atoms with E-state index in [-0.39, 0.29) is 17.5 Å². The van der Waals surface area contributed by atoms with Gasteiger partial charge in [0.2, 0.25) is 6.79 Å². The molecule has 5 rings (SSSR count). The number of hydrogen-bond donors (Lipinski definition) is 1. The molecule has 1 fully saturated rings. The van der Waals surface area contributed by atoms with Crippen molar-refractivity contribution in [3.05, 3.63) is 76.6 Å². The predicted molar refractivity (Wildman–Crippen MR) is 133 cm³/mol. The van der Waals surface area contributed by atoms with Crippen molar-refractivity contribution in [3.8, 4) is 17.2 Å². The van der Waals surface area contributed by atoms with E-state index in [0.717, 1.165) is 34.6 Å². The topological polar surface area (TPSA) is 72.8 Å². The molecule has 0 bridgehead atoms. The highest BCUT2D eigenvalue weighted by Gasteiger charge is 2.35. The van der Waals surface area contributed by atoms with Gasteiger partial charge in [-0.1, -0.05) is 25.1 Å². The van der Waals surface area contributed by atoms with Crippen LogP contribution in [0.3, 0.4) is 0 Å². The van der Waals surface area contributed by atoms with E-state index >= 15 is 0 Å². The molecule has 0 atom stereocenters. The molecular formula is C26H23N3O4S. The fourth-order valence-corrected chi connectivity index (χ4v) is 4.69. The lowest BCUT2D eigenvalue weighted by molar-refractivity contribution is -0.122. The number of rotatable bonds is 4. The van der Waals surface area contributed by atoms with Crippen LogP contribution < -0.4 is 19.7 Å². The number of anilines is 1. The molecule has 1 N–H and O–H groups in total. The van der Waals surface area contributed by atoms with Gasteiger partial charge in [-0.3, -0.25) is 19.8 Å². The van der Waals surface area contributed by atoms with Crippen LogP contribution in [0.5, 0.6) is 11.5 Å². The summed E-state index contributed by atoms with van der Waals surface area (Å²) in [5.41, 5.74) is 5.19. The summed E-state index contributed by atoms with van der Waals surface area (Å²) in [5.74, 6) is 0.447. The van der Waals surface area contributed by atoms with E-state index in [1.54, 1.807) is 6.08 Å². The van der Waals surface area contributed by atoms with Crippen LogP contribution in [0.1, 0.15) is 29.4 Å². The molecule has 34 heavy (non-hydrogen) atoms. The third-order valence-electron chi connectivity index (χ3n) is 6.10. The van der Waals surface area contributed by atoms with Gasteiger partial charge < -0.3 is 14.0 Å². The number of para-hydroxylation sites is 1. The number of carbonyl (C=O) groups excluding carboxylic acids is 2. The summed E-state index contributed by atoms with van der Waals surface area (Å²) in [4.78, 5) is 27.7. The third kappa shape index (κ3) is 3.56. The fraction of sp³-hybridized carbons (Fsp3) is 0.192. The van der Waals surface area contributed by atoms with Crippen molar-refractivity contribution in [1.29, 1.82) is 0 Å². The van der Waals surface area contributed by atoms with Crippen LogP contribution in [-0.4, -0.2) is 28.3 Å². The van der Waals surface area contributed by atoms with E-state index in [0.29, 0.717) is 17.2 Å². The Kier molecular flexibility index (Phi) is 5.45. The molecule has 1 aromatic heterocycles. The Balaban J connectivity index is 1.55. The molecule has 2 aliphatic rings. The van der Waals surface area contributed by atoms with Crippen molar-refractivity contribution >= 4 is 40.9 Å². The van der Waals surface area contributed by atoms with Gasteiger partial charge in [-0.15, -0.1) is 0 Å². The van der Waals surface area contributed by atoms with Gasteiger partial charge in [-0.25, -0.2) is 0 Å². The maximum atomic E-state index is 13.5. The van der Waals surface area contributed by atoms with Crippen molar-refractivity contribution in [3.63, 3.8) is 0 Å². The summed E-state index contributed by atoms with van der Waals surface area (Å²) in [5, 5.41) is 2.76. The average molecular weight is 474 g/mol. The molecule has 0 spiro atoms. The van der Waals surface area contributed by atoms with E-state index < -0.39 is 11.8 Å². The molecule has 0 unspecified atom stereocenters. The number of thiocarbonyl (C=S) groups is 1. The molecule has 3 heterocycles. The Morgan fingerprint density at radius 2 is 1.82 bits per heavy atom. The number of fused-ring (bicyclic) bond motifs is 1. The number of benzene rings is 2. The first-order valence-electron chi connectivity index (χ1n) is 11.0.